The van der Waals surface area contributed by atoms with Crippen LogP contribution in [0.2, 0.25) is 0 Å². The van der Waals surface area contributed by atoms with Crippen molar-refractivity contribution in [3.05, 3.63) is 78.6 Å². The van der Waals surface area contributed by atoms with Crippen molar-refractivity contribution in [2.75, 3.05) is 13.1 Å². The predicted octanol–water partition coefficient (Wildman–Crippen LogP) is 4.84. The Morgan fingerprint density at radius 3 is 2.26 bits per heavy atom. The second kappa shape index (κ2) is 8.91. The molecule has 0 fully saturated rings. The number of fused-ring (bicyclic) bond motifs is 1. The third kappa shape index (κ3) is 4.47. The maximum Gasteiger partial charge on any atom is 0.243 e. The fourth-order valence-corrected chi connectivity index (χ4v) is 4.99. The maximum atomic E-state index is 12.8. The topological polar surface area (TPSA) is 75.3 Å². The molecule has 31 heavy (non-hydrogen) atoms. The van der Waals surface area contributed by atoms with Gasteiger partial charge in [0.15, 0.2) is 0 Å². The molecule has 0 bridgehead atoms. The Morgan fingerprint density at radius 1 is 0.903 bits per heavy atom. The SMILES string of the molecule is CCN(CC)S(=O)(=O)c1ccc2nc(COc3ccc(-c4ccccc4)cc3)[nH]c2c1. The molecule has 0 atom stereocenters. The number of aromatic nitrogens is 2. The molecule has 0 saturated carbocycles. The molecule has 0 spiro atoms. The van der Waals surface area contributed by atoms with Gasteiger partial charge in [-0.15, -0.1) is 0 Å². The van der Waals surface area contributed by atoms with Crippen molar-refractivity contribution in [3.63, 3.8) is 0 Å². The van der Waals surface area contributed by atoms with Crippen LogP contribution in [0.3, 0.4) is 0 Å². The van der Waals surface area contributed by atoms with E-state index in [0.717, 1.165) is 16.9 Å². The summed E-state index contributed by atoms with van der Waals surface area (Å²) in [4.78, 5) is 7.94. The minimum absolute atomic E-state index is 0.260. The van der Waals surface area contributed by atoms with Gasteiger partial charge in [0.05, 0.1) is 15.9 Å². The zero-order valence-corrected chi connectivity index (χ0v) is 18.4. The average molecular weight is 436 g/mol. The lowest BCUT2D eigenvalue weighted by molar-refractivity contribution is 0.297. The van der Waals surface area contributed by atoms with Crippen molar-refractivity contribution in [1.29, 1.82) is 0 Å². The number of imidazole rings is 1. The first-order chi connectivity index (χ1) is 15.0. The van der Waals surface area contributed by atoms with Crippen molar-refractivity contribution in [3.8, 4) is 16.9 Å². The first kappa shape index (κ1) is 21.1. The Labute approximate surface area is 182 Å². The summed E-state index contributed by atoms with van der Waals surface area (Å²) >= 11 is 0. The molecule has 160 valence electrons. The molecule has 1 aromatic heterocycles. The molecule has 1 heterocycles. The predicted molar refractivity (Wildman–Crippen MR) is 122 cm³/mol. The van der Waals surface area contributed by atoms with Crippen molar-refractivity contribution in [2.45, 2.75) is 25.3 Å². The second-order valence-corrected chi connectivity index (χ2v) is 9.07. The van der Waals surface area contributed by atoms with Gasteiger partial charge in [0.2, 0.25) is 10.0 Å². The number of hydrogen-bond donors (Lipinski definition) is 1. The summed E-state index contributed by atoms with van der Waals surface area (Å²) in [6.45, 7) is 4.79. The molecule has 0 unspecified atom stereocenters. The van der Waals surface area contributed by atoms with Crippen LogP contribution in [0.1, 0.15) is 19.7 Å². The highest BCUT2D eigenvalue weighted by molar-refractivity contribution is 7.89. The van der Waals surface area contributed by atoms with Gasteiger partial charge in [0, 0.05) is 13.1 Å². The van der Waals surface area contributed by atoms with E-state index >= 15 is 0 Å². The van der Waals surface area contributed by atoms with E-state index in [1.165, 1.54) is 4.31 Å². The summed E-state index contributed by atoms with van der Waals surface area (Å²) in [6.07, 6.45) is 0. The summed E-state index contributed by atoms with van der Waals surface area (Å²) < 4.78 is 32.8. The molecule has 3 aromatic carbocycles. The molecular weight excluding hydrogens is 410 g/mol. The lowest BCUT2D eigenvalue weighted by Gasteiger charge is -2.18. The van der Waals surface area contributed by atoms with Crippen LogP contribution < -0.4 is 4.74 Å². The molecule has 7 heteroatoms. The highest BCUT2D eigenvalue weighted by Gasteiger charge is 2.22. The van der Waals surface area contributed by atoms with Crippen molar-refractivity contribution < 1.29 is 13.2 Å². The molecule has 0 radical (unpaired) electrons. The Bertz CT molecular complexity index is 1260. The fourth-order valence-electron chi connectivity index (χ4n) is 3.51. The first-order valence-electron chi connectivity index (χ1n) is 10.3. The monoisotopic (exact) mass is 435 g/mol. The average Bonchev–Trinajstić information content (AvgIpc) is 3.21. The number of ether oxygens (including phenoxy) is 1. The van der Waals surface area contributed by atoms with Crippen LogP contribution in [0.5, 0.6) is 5.75 Å². The van der Waals surface area contributed by atoms with Crippen LogP contribution in [0, 0.1) is 0 Å². The van der Waals surface area contributed by atoms with E-state index in [0.29, 0.717) is 29.9 Å². The Kier molecular flexibility index (Phi) is 6.06. The first-order valence-corrected chi connectivity index (χ1v) is 11.7. The number of nitrogens with zero attached hydrogens (tertiary/aromatic N) is 2. The number of hydrogen-bond acceptors (Lipinski definition) is 4. The van der Waals surface area contributed by atoms with E-state index in [1.54, 1.807) is 18.2 Å². The van der Waals surface area contributed by atoms with Crippen LogP contribution in [0.15, 0.2) is 77.7 Å². The smallest absolute Gasteiger partial charge is 0.243 e. The third-order valence-corrected chi connectivity index (χ3v) is 7.23. The number of benzene rings is 3. The van der Waals surface area contributed by atoms with Gasteiger partial charge in [-0.2, -0.15) is 4.31 Å². The molecule has 6 nitrogen and oxygen atoms in total. The fraction of sp³-hybridized carbons (Fsp3) is 0.208. The van der Waals surface area contributed by atoms with Gasteiger partial charge in [-0.3, -0.25) is 0 Å². The van der Waals surface area contributed by atoms with E-state index in [-0.39, 0.29) is 11.5 Å². The summed E-state index contributed by atoms with van der Waals surface area (Å²) in [5.41, 5.74) is 3.66. The van der Waals surface area contributed by atoms with Crippen LogP contribution in [0.4, 0.5) is 0 Å². The van der Waals surface area contributed by atoms with Crippen LogP contribution >= 0.6 is 0 Å². The quantitative estimate of drug-likeness (QED) is 0.430. The van der Waals surface area contributed by atoms with Gasteiger partial charge in [0.1, 0.15) is 18.2 Å². The lowest BCUT2D eigenvalue weighted by atomic mass is 10.1. The van der Waals surface area contributed by atoms with Gasteiger partial charge < -0.3 is 9.72 Å². The van der Waals surface area contributed by atoms with Crippen LogP contribution in [-0.4, -0.2) is 35.8 Å². The van der Waals surface area contributed by atoms with E-state index in [9.17, 15) is 8.42 Å². The lowest BCUT2D eigenvalue weighted by Crippen LogP contribution is -2.30. The molecule has 0 saturated heterocycles. The number of nitrogens with one attached hydrogen (secondary N) is 1. The molecule has 0 aliphatic carbocycles. The largest absolute Gasteiger partial charge is 0.486 e. The molecule has 4 rings (SSSR count). The Morgan fingerprint density at radius 2 is 1.58 bits per heavy atom. The second-order valence-electron chi connectivity index (χ2n) is 7.13. The summed E-state index contributed by atoms with van der Waals surface area (Å²) in [5, 5.41) is 0. The van der Waals surface area contributed by atoms with Gasteiger partial charge in [-0.1, -0.05) is 56.3 Å². The van der Waals surface area contributed by atoms with E-state index in [2.05, 4.69) is 22.1 Å². The van der Waals surface area contributed by atoms with Crippen molar-refractivity contribution >= 4 is 21.1 Å². The molecule has 0 aliphatic rings. The summed E-state index contributed by atoms with van der Waals surface area (Å²) in [5.74, 6) is 1.38. The minimum Gasteiger partial charge on any atom is -0.486 e. The van der Waals surface area contributed by atoms with Crippen molar-refractivity contribution in [2.24, 2.45) is 0 Å². The maximum absolute atomic E-state index is 12.8. The zero-order valence-electron chi connectivity index (χ0n) is 17.6. The van der Waals surface area contributed by atoms with Gasteiger partial charge in [0.25, 0.3) is 0 Å². The van der Waals surface area contributed by atoms with Crippen LogP contribution in [0.25, 0.3) is 22.2 Å². The molecule has 0 aliphatic heterocycles. The van der Waals surface area contributed by atoms with Gasteiger partial charge >= 0.3 is 0 Å². The number of aromatic amines is 1. The molecule has 1 N–H and O–H groups in total. The highest BCUT2D eigenvalue weighted by Crippen LogP contribution is 2.24. The molecule has 4 aromatic rings. The standard InChI is InChI=1S/C24H25N3O3S/c1-3-27(4-2)31(28,29)21-14-15-22-23(16-21)26-24(25-22)17-30-20-12-10-19(11-13-20)18-8-6-5-7-9-18/h5-16H,3-4,17H2,1-2H3,(H,25,26). The minimum atomic E-state index is -3.51. The molecular formula is C24H25N3O3S. The number of H-pyrrole nitrogens is 1. The number of sulfonamides is 1. The number of rotatable bonds is 8. The van der Waals surface area contributed by atoms with E-state index in [4.69, 9.17) is 4.74 Å². The summed E-state index contributed by atoms with van der Waals surface area (Å²) in [7, 11) is -3.51. The zero-order chi connectivity index (χ0) is 21.8. The molecule has 0 amide bonds. The van der Waals surface area contributed by atoms with Gasteiger partial charge in [-0.25, -0.2) is 13.4 Å². The Balaban J connectivity index is 1.48. The van der Waals surface area contributed by atoms with Gasteiger partial charge in [-0.05, 0) is 41.5 Å². The van der Waals surface area contributed by atoms with Crippen molar-refractivity contribution in [1.82, 2.24) is 14.3 Å². The Hall–Kier alpha value is -3.16. The van der Waals surface area contributed by atoms with E-state index in [1.807, 2.05) is 56.3 Å². The normalized spacial score (nSPS) is 11.8. The highest BCUT2D eigenvalue weighted by atomic mass is 32.2. The summed E-state index contributed by atoms with van der Waals surface area (Å²) in [6, 6.07) is 23.0. The van der Waals surface area contributed by atoms with Crippen LogP contribution in [-0.2, 0) is 16.6 Å². The van der Waals surface area contributed by atoms with E-state index < -0.39 is 10.0 Å². The third-order valence-electron chi connectivity index (χ3n) is 5.18.